The van der Waals surface area contributed by atoms with Crippen LogP contribution in [0.3, 0.4) is 0 Å². The molecule has 0 aliphatic heterocycles. The van der Waals surface area contributed by atoms with Gasteiger partial charge in [-0.1, -0.05) is 0 Å². The Morgan fingerprint density at radius 3 is 1.45 bits per heavy atom. The molecule has 1 rings (SSSR count). The molecule has 0 bridgehead atoms. The molecule has 0 atom stereocenters. The number of halogens is 5. The van der Waals surface area contributed by atoms with Crippen molar-refractivity contribution in [3.63, 3.8) is 0 Å². The standard InChI is InChI=1S/C17H19F5O7/c1-25-10(23)2-4-26-6-8-28-9-7-27-5-3-11(24)29-17-15(21)13(19)12(18)14(20)16(17)22/h2-9H2,1H3. The molecule has 1 aromatic carbocycles. The summed E-state index contributed by atoms with van der Waals surface area (Å²) in [7, 11) is 1.27. The lowest BCUT2D eigenvalue weighted by Gasteiger charge is -2.09. The molecule has 0 N–H and O–H groups in total. The number of methoxy groups -OCH3 is 1. The Kier molecular flexibility index (Phi) is 11.1. The summed E-state index contributed by atoms with van der Waals surface area (Å²) in [4.78, 5) is 22.3. The smallest absolute Gasteiger partial charge is 0.313 e. The van der Waals surface area contributed by atoms with E-state index in [0.29, 0.717) is 0 Å². The van der Waals surface area contributed by atoms with Crippen LogP contribution in [0, 0.1) is 29.1 Å². The van der Waals surface area contributed by atoms with Crippen LogP contribution in [-0.2, 0) is 28.5 Å². The molecule has 12 heteroatoms. The maximum Gasteiger partial charge on any atom is 0.313 e. The van der Waals surface area contributed by atoms with Gasteiger partial charge in [0.1, 0.15) is 0 Å². The third-order valence-corrected chi connectivity index (χ3v) is 3.26. The normalized spacial score (nSPS) is 10.8. The third kappa shape index (κ3) is 8.30. The fourth-order valence-electron chi connectivity index (χ4n) is 1.79. The average molecular weight is 430 g/mol. The molecule has 0 spiro atoms. The molecule has 0 saturated heterocycles. The summed E-state index contributed by atoms with van der Waals surface area (Å²) in [5, 5.41) is 0. The van der Waals surface area contributed by atoms with E-state index in [-0.39, 0.29) is 46.1 Å². The molecule has 29 heavy (non-hydrogen) atoms. The van der Waals surface area contributed by atoms with Crippen molar-refractivity contribution in [2.24, 2.45) is 0 Å². The fraction of sp³-hybridized carbons (Fsp3) is 0.529. The zero-order chi connectivity index (χ0) is 21.8. The minimum Gasteiger partial charge on any atom is -0.469 e. The number of carbonyl (C=O) groups is 2. The summed E-state index contributed by atoms with van der Waals surface area (Å²) in [6, 6.07) is 0. The summed E-state index contributed by atoms with van der Waals surface area (Å²) < 4.78 is 89.6. The third-order valence-electron chi connectivity index (χ3n) is 3.26. The van der Waals surface area contributed by atoms with Gasteiger partial charge in [0, 0.05) is 0 Å². The van der Waals surface area contributed by atoms with Crippen molar-refractivity contribution in [2.75, 3.05) is 46.8 Å². The van der Waals surface area contributed by atoms with Gasteiger partial charge in [0.2, 0.25) is 34.8 Å². The van der Waals surface area contributed by atoms with Gasteiger partial charge in [-0.2, -0.15) is 8.78 Å². The van der Waals surface area contributed by atoms with Crippen molar-refractivity contribution >= 4 is 11.9 Å². The summed E-state index contributed by atoms with van der Waals surface area (Å²) >= 11 is 0. The van der Waals surface area contributed by atoms with Crippen molar-refractivity contribution in [2.45, 2.75) is 12.8 Å². The van der Waals surface area contributed by atoms with Crippen LogP contribution in [0.25, 0.3) is 0 Å². The number of hydrogen-bond donors (Lipinski definition) is 0. The molecule has 0 heterocycles. The summed E-state index contributed by atoms with van der Waals surface area (Å²) in [6.45, 7) is 0.647. The van der Waals surface area contributed by atoms with Crippen LogP contribution in [0.1, 0.15) is 12.8 Å². The molecule has 0 fully saturated rings. The van der Waals surface area contributed by atoms with Crippen LogP contribution in [0.2, 0.25) is 0 Å². The Labute approximate surface area is 162 Å². The number of hydrogen-bond acceptors (Lipinski definition) is 7. The lowest BCUT2D eigenvalue weighted by atomic mass is 10.2. The van der Waals surface area contributed by atoms with Gasteiger partial charge in [0.25, 0.3) is 0 Å². The van der Waals surface area contributed by atoms with Crippen LogP contribution in [-0.4, -0.2) is 58.7 Å². The molecule has 7 nitrogen and oxygen atoms in total. The van der Waals surface area contributed by atoms with E-state index < -0.39 is 53.2 Å². The molecule has 0 aliphatic rings. The van der Waals surface area contributed by atoms with E-state index in [1.165, 1.54) is 7.11 Å². The molecular weight excluding hydrogens is 411 g/mol. The van der Waals surface area contributed by atoms with Gasteiger partial charge in [0.15, 0.2) is 0 Å². The topological polar surface area (TPSA) is 80.3 Å². The van der Waals surface area contributed by atoms with Crippen molar-refractivity contribution < 1.29 is 55.2 Å². The average Bonchev–Trinajstić information content (AvgIpc) is 2.71. The van der Waals surface area contributed by atoms with Crippen LogP contribution < -0.4 is 4.74 Å². The molecule has 0 aliphatic carbocycles. The zero-order valence-corrected chi connectivity index (χ0v) is 15.4. The quantitative estimate of drug-likeness (QED) is 0.119. The second kappa shape index (κ2) is 13.0. The Bertz CT molecular complexity index is 670. The first-order chi connectivity index (χ1) is 13.8. The Hall–Kier alpha value is -2.31. The monoisotopic (exact) mass is 430 g/mol. The summed E-state index contributed by atoms with van der Waals surface area (Å²) in [5.74, 6) is -14.6. The first-order valence-corrected chi connectivity index (χ1v) is 8.31. The predicted octanol–water partition coefficient (Wildman–Crippen LogP) is 2.29. The number of esters is 2. The van der Waals surface area contributed by atoms with Gasteiger partial charge in [-0.05, 0) is 0 Å². The first kappa shape index (κ1) is 24.7. The highest BCUT2D eigenvalue weighted by molar-refractivity contribution is 5.72. The maximum atomic E-state index is 13.4. The van der Waals surface area contributed by atoms with Crippen LogP contribution in [0.4, 0.5) is 22.0 Å². The van der Waals surface area contributed by atoms with Crippen LogP contribution in [0.5, 0.6) is 5.75 Å². The zero-order valence-electron chi connectivity index (χ0n) is 15.4. The number of rotatable bonds is 13. The van der Waals surface area contributed by atoms with Gasteiger partial charge < -0.3 is 23.7 Å². The summed E-state index contributed by atoms with van der Waals surface area (Å²) in [5.41, 5.74) is 0. The molecular formula is C17H19F5O7. The van der Waals surface area contributed by atoms with E-state index >= 15 is 0 Å². The van der Waals surface area contributed by atoms with Crippen molar-refractivity contribution in [1.29, 1.82) is 0 Å². The first-order valence-electron chi connectivity index (χ1n) is 8.31. The van der Waals surface area contributed by atoms with Gasteiger partial charge in [-0.15, -0.1) is 0 Å². The van der Waals surface area contributed by atoms with Gasteiger partial charge in [0.05, 0.1) is 59.6 Å². The second-order valence-corrected chi connectivity index (χ2v) is 5.29. The van der Waals surface area contributed by atoms with E-state index in [0.717, 1.165) is 0 Å². The summed E-state index contributed by atoms with van der Waals surface area (Å²) in [6.07, 6.45) is -0.364. The van der Waals surface area contributed by atoms with Crippen molar-refractivity contribution in [3.05, 3.63) is 29.1 Å². The van der Waals surface area contributed by atoms with Gasteiger partial charge >= 0.3 is 11.9 Å². The SMILES string of the molecule is COC(=O)CCOCCOCCOCCC(=O)Oc1c(F)c(F)c(F)c(F)c1F. The van der Waals surface area contributed by atoms with E-state index in [4.69, 9.17) is 14.2 Å². The molecule has 0 unspecified atom stereocenters. The number of carbonyl (C=O) groups excluding carboxylic acids is 2. The minimum atomic E-state index is -2.35. The Morgan fingerprint density at radius 2 is 1.00 bits per heavy atom. The van der Waals surface area contributed by atoms with E-state index in [9.17, 15) is 31.5 Å². The van der Waals surface area contributed by atoms with E-state index in [2.05, 4.69) is 9.47 Å². The number of benzene rings is 1. The maximum absolute atomic E-state index is 13.4. The lowest BCUT2D eigenvalue weighted by Crippen LogP contribution is -2.16. The molecule has 0 radical (unpaired) electrons. The number of ether oxygens (including phenoxy) is 5. The highest BCUT2D eigenvalue weighted by Crippen LogP contribution is 2.29. The highest BCUT2D eigenvalue weighted by atomic mass is 19.2. The Balaban J connectivity index is 2.16. The van der Waals surface area contributed by atoms with E-state index in [1.807, 2.05) is 0 Å². The molecule has 1 aromatic rings. The van der Waals surface area contributed by atoms with Crippen molar-refractivity contribution in [3.8, 4) is 5.75 Å². The predicted molar refractivity (Wildman–Crippen MR) is 85.6 cm³/mol. The van der Waals surface area contributed by atoms with E-state index in [1.54, 1.807) is 0 Å². The minimum absolute atomic E-state index is 0.0674. The van der Waals surface area contributed by atoms with Gasteiger partial charge in [-0.25, -0.2) is 13.2 Å². The lowest BCUT2D eigenvalue weighted by molar-refractivity contribution is -0.142. The van der Waals surface area contributed by atoms with Gasteiger partial charge in [-0.3, -0.25) is 9.59 Å². The Morgan fingerprint density at radius 1 is 0.621 bits per heavy atom. The van der Waals surface area contributed by atoms with Crippen molar-refractivity contribution in [1.82, 2.24) is 0 Å². The largest absolute Gasteiger partial charge is 0.469 e. The molecule has 0 aromatic heterocycles. The van der Waals surface area contributed by atoms with Crippen LogP contribution >= 0.6 is 0 Å². The fourth-order valence-corrected chi connectivity index (χ4v) is 1.79. The molecule has 0 saturated carbocycles. The molecule has 0 amide bonds. The second-order valence-electron chi connectivity index (χ2n) is 5.29. The molecule has 164 valence electrons. The van der Waals surface area contributed by atoms with Crippen LogP contribution in [0.15, 0.2) is 0 Å². The highest BCUT2D eigenvalue weighted by Gasteiger charge is 2.28.